The molecule has 0 aliphatic rings. The average Bonchev–Trinajstić information content (AvgIpc) is 2.96. The zero-order valence-corrected chi connectivity index (χ0v) is 28.6. The third-order valence-electron chi connectivity index (χ3n) is 7.86. The minimum absolute atomic E-state index is 0.276. The van der Waals surface area contributed by atoms with E-state index in [1.165, 1.54) is 77.0 Å². The highest BCUT2D eigenvalue weighted by Gasteiger charge is 2.26. The minimum Gasteiger partial charge on any atom is -0.391 e. The molecule has 2 unspecified atom stereocenters. The smallest absolute Gasteiger partial charge is 0.266 e. The van der Waals surface area contributed by atoms with Crippen LogP contribution in [-0.4, -0.2) is 41.9 Å². The fraction of sp³-hybridized carbons (Fsp3) is 0.806. The Balaban J connectivity index is 3.99. The van der Waals surface area contributed by atoms with Crippen LogP contribution in [0.3, 0.4) is 0 Å². The zero-order chi connectivity index (χ0) is 31.9. The number of carbonyl (C=O) groups excluding carboxylic acids is 1. The number of aliphatic hydroxyl groups is 1. The van der Waals surface area contributed by atoms with Crippen molar-refractivity contribution in [3.8, 4) is 0 Å². The molecule has 1 amide bonds. The Hall–Kier alpha value is -1.44. The Morgan fingerprint density at radius 3 is 1.63 bits per heavy atom. The van der Waals surface area contributed by atoms with E-state index in [-0.39, 0.29) is 12.3 Å². The summed E-state index contributed by atoms with van der Waals surface area (Å²) in [6.45, 7) is 4.38. The Kier molecular flexibility index (Phi) is 29.6. The summed E-state index contributed by atoms with van der Waals surface area (Å²) in [5.41, 5.74) is 0. The van der Waals surface area contributed by atoms with Gasteiger partial charge in [0, 0.05) is 6.42 Å². The molecule has 0 heterocycles. The molecular weight excluding hydrogens is 558 g/mol. The molecule has 252 valence electrons. The number of nitrogens with one attached hydrogen (secondary N) is 1. The second-order valence-electron chi connectivity index (χ2n) is 12.1. The molecule has 0 fully saturated rings. The fourth-order valence-electron chi connectivity index (χ4n) is 5.23. The number of allylic oxidation sites excluding steroid dienone is 6. The largest absolute Gasteiger partial charge is 0.391 e. The van der Waals surface area contributed by atoms with Crippen LogP contribution in [0.2, 0.25) is 0 Å². The van der Waals surface area contributed by atoms with E-state index in [9.17, 15) is 22.9 Å². The summed E-state index contributed by atoms with van der Waals surface area (Å²) in [4.78, 5) is 12.4. The van der Waals surface area contributed by atoms with Gasteiger partial charge in [0.25, 0.3) is 10.1 Å². The van der Waals surface area contributed by atoms with Gasteiger partial charge in [-0.25, -0.2) is 0 Å². The second kappa shape index (κ2) is 30.6. The van der Waals surface area contributed by atoms with Gasteiger partial charge >= 0.3 is 0 Å². The number of amides is 1. The van der Waals surface area contributed by atoms with Gasteiger partial charge in [-0.3, -0.25) is 9.35 Å². The first-order valence-electron chi connectivity index (χ1n) is 17.7. The van der Waals surface area contributed by atoms with Crippen molar-refractivity contribution in [2.45, 2.75) is 180 Å². The highest BCUT2D eigenvalue weighted by molar-refractivity contribution is 7.85. The third kappa shape index (κ3) is 31.8. The Labute approximate surface area is 266 Å². The summed E-state index contributed by atoms with van der Waals surface area (Å²) in [6, 6.07) is -0.984. The standard InChI is InChI=1S/C36H67NO5S/c1-3-5-7-9-11-13-15-17-18-20-21-23-25-27-29-31-35(38)34(33-43(40,41)42)37-36(39)32-30-28-26-24-22-19-16-14-12-10-8-6-4-2/h6,8,12,14,19,22,34-35,38H,3-5,7,9-11,13,15-18,20-21,23-33H2,1-2H3,(H,37,39)(H,40,41,42)/b8-6-,14-12-,22-19-. The van der Waals surface area contributed by atoms with Crippen LogP contribution in [0, 0.1) is 0 Å². The molecule has 0 spiro atoms. The van der Waals surface area contributed by atoms with E-state index in [0.717, 1.165) is 57.8 Å². The summed E-state index contributed by atoms with van der Waals surface area (Å²) < 4.78 is 32.4. The van der Waals surface area contributed by atoms with Gasteiger partial charge in [-0.1, -0.05) is 153 Å². The number of unbranched alkanes of at least 4 members (excludes halogenated alkanes) is 17. The molecular formula is C36H67NO5S. The van der Waals surface area contributed by atoms with E-state index in [0.29, 0.717) is 12.8 Å². The van der Waals surface area contributed by atoms with Crippen LogP contribution in [-0.2, 0) is 14.9 Å². The number of carbonyl (C=O) groups is 1. The number of rotatable bonds is 31. The molecule has 43 heavy (non-hydrogen) atoms. The normalized spacial score (nSPS) is 13.9. The van der Waals surface area contributed by atoms with Crippen LogP contribution < -0.4 is 5.32 Å². The van der Waals surface area contributed by atoms with Gasteiger partial charge in [0.05, 0.1) is 17.9 Å². The first-order chi connectivity index (χ1) is 20.8. The van der Waals surface area contributed by atoms with Crippen molar-refractivity contribution in [3.05, 3.63) is 36.5 Å². The predicted octanol–water partition coefficient (Wildman–Crippen LogP) is 9.79. The van der Waals surface area contributed by atoms with Crippen molar-refractivity contribution in [3.63, 3.8) is 0 Å². The van der Waals surface area contributed by atoms with Gasteiger partial charge < -0.3 is 10.4 Å². The molecule has 0 bridgehead atoms. The average molecular weight is 626 g/mol. The lowest BCUT2D eigenvalue weighted by Gasteiger charge is -2.23. The van der Waals surface area contributed by atoms with Crippen LogP contribution in [0.1, 0.15) is 168 Å². The third-order valence-corrected chi connectivity index (χ3v) is 8.64. The van der Waals surface area contributed by atoms with Gasteiger partial charge in [-0.2, -0.15) is 8.42 Å². The van der Waals surface area contributed by atoms with Gasteiger partial charge in [0.2, 0.25) is 5.91 Å². The molecule has 2 atom stereocenters. The maximum absolute atomic E-state index is 12.4. The van der Waals surface area contributed by atoms with Crippen LogP contribution >= 0.6 is 0 Å². The molecule has 7 heteroatoms. The maximum Gasteiger partial charge on any atom is 0.266 e. The van der Waals surface area contributed by atoms with Crippen molar-refractivity contribution >= 4 is 16.0 Å². The highest BCUT2D eigenvalue weighted by Crippen LogP contribution is 2.15. The van der Waals surface area contributed by atoms with Crippen molar-refractivity contribution in [2.75, 3.05) is 5.75 Å². The monoisotopic (exact) mass is 625 g/mol. The van der Waals surface area contributed by atoms with Gasteiger partial charge in [-0.15, -0.1) is 0 Å². The first-order valence-corrected chi connectivity index (χ1v) is 19.3. The Morgan fingerprint density at radius 1 is 0.651 bits per heavy atom. The van der Waals surface area contributed by atoms with Crippen molar-refractivity contribution < 1.29 is 22.9 Å². The number of aliphatic hydroxyl groups excluding tert-OH is 1. The molecule has 3 N–H and O–H groups in total. The number of hydrogen-bond donors (Lipinski definition) is 3. The van der Waals surface area contributed by atoms with Crippen LogP contribution in [0.25, 0.3) is 0 Å². The lowest BCUT2D eigenvalue weighted by Crippen LogP contribution is -2.47. The van der Waals surface area contributed by atoms with Crippen molar-refractivity contribution in [1.29, 1.82) is 0 Å². The summed E-state index contributed by atoms with van der Waals surface area (Å²) >= 11 is 0. The molecule has 0 radical (unpaired) electrons. The molecule has 0 saturated carbocycles. The number of hydrogen-bond acceptors (Lipinski definition) is 4. The van der Waals surface area contributed by atoms with Crippen molar-refractivity contribution in [2.24, 2.45) is 0 Å². The minimum atomic E-state index is -4.31. The van der Waals surface area contributed by atoms with E-state index in [1.54, 1.807) is 0 Å². The molecule has 0 saturated heterocycles. The predicted molar refractivity (Wildman–Crippen MR) is 184 cm³/mol. The molecule has 0 aliphatic carbocycles. The van der Waals surface area contributed by atoms with Crippen LogP contribution in [0.4, 0.5) is 0 Å². The van der Waals surface area contributed by atoms with E-state index in [2.05, 4.69) is 55.6 Å². The summed E-state index contributed by atoms with van der Waals surface area (Å²) in [5.74, 6) is -0.936. The molecule has 6 nitrogen and oxygen atoms in total. The molecule has 0 aliphatic heterocycles. The fourth-order valence-corrected chi connectivity index (χ4v) is 5.99. The zero-order valence-electron chi connectivity index (χ0n) is 27.8. The highest BCUT2D eigenvalue weighted by atomic mass is 32.2. The van der Waals surface area contributed by atoms with Crippen LogP contribution in [0.15, 0.2) is 36.5 Å². The molecule has 0 aromatic heterocycles. The van der Waals surface area contributed by atoms with E-state index in [4.69, 9.17) is 0 Å². The summed E-state index contributed by atoms with van der Waals surface area (Å²) in [7, 11) is -4.31. The Morgan fingerprint density at radius 2 is 1.12 bits per heavy atom. The van der Waals surface area contributed by atoms with E-state index in [1.807, 2.05) is 0 Å². The lowest BCUT2D eigenvalue weighted by molar-refractivity contribution is -0.122. The van der Waals surface area contributed by atoms with Gasteiger partial charge in [0.15, 0.2) is 0 Å². The Bertz CT molecular complexity index is 821. The maximum atomic E-state index is 12.4. The SMILES string of the molecule is CC/C=C\C/C=C\C/C=C\CCCCCC(=O)NC(CS(=O)(=O)O)C(O)CCCCCCCCCCCCCCCCC. The lowest BCUT2D eigenvalue weighted by atomic mass is 10.0. The quantitative estimate of drug-likeness (QED) is 0.0404. The van der Waals surface area contributed by atoms with E-state index < -0.39 is 28.0 Å². The molecule has 0 aromatic rings. The first kappa shape index (κ1) is 41.6. The molecule has 0 rings (SSSR count). The van der Waals surface area contributed by atoms with Crippen LogP contribution in [0.5, 0.6) is 0 Å². The van der Waals surface area contributed by atoms with Gasteiger partial charge in [0.1, 0.15) is 0 Å². The topological polar surface area (TPSA) is 104 Å². The van der Waals surface area contributed by atoms with Crippen molar-refractivity contribution in [1.82, 2.24) is 5.32 Å². The van der Waals surface area contributed by atoms with E-state index >= 15 is 0 Å². The van der Waals surface area contributed by atoms with Gasteiger partial charge in [-0.05, 0) is 44.9 Å². The summed E-state index contributed by atoms with van der Waals surface area (Å²) in [5, 5.41) is 13.3. The second-order valence-corrected chi connectivity index (χ2v) is 13.6. The molecule has 0 aromatic carbocycles. The summed E-state index contributed by atoms with van der Waals surface area (Å²) in [6.07, 6.45) is 38.0.